The van der Waals surface area contributed by atoms with E-state index in [0.717, 1.165) is 75.2 Å². The van der Waals surface area contributed by atoms with Gasteiger partial charge in [-0.15, -0.1) is 0 Å². The first-order valence-corrected chi connectivity index (χ1v) is 17.4. The van der Waals surface area contributed by atoms with Gasteiger partial charge < -0.3 is 33.3 Å². The predicted octanol–water partition coefficient (Wildman–Crippen LogP) is 6.93. The molecule has 0 aliphatic carbocycles. The highest BCUT2D eigenvalue weighted by atomic mass is 16.7. The summed E-state index contributed by atoms with van der Waals surface area (Å²) in [5.41, 5.74) is 8.52. The van der Waals surface area contributed by atoms with Crippen molar-refractivity contribution in [1.82, 2.24) is 10.2 Å². The van der Waals surface area contributed by atoms with E-state index in [0.29, 0.717) is 25.2 Å². The van der Waals surface area contributed by atoms with Gasteiger partial charge in [0.25, 0.3) is 0 Å². The van der Waals surface area contributed by atoms with E-state index in [1.54, 1.807) is 14.2 Å². The first-order chi connectivity index (χ1) is 24.4. The smallest absolute Gasteiger partial charge is 0.240 e. The molecule has 0 aromatic heterocycles. The number of rotatable bonds is 8. The molecule has 0 spiro atoms. The molecular weight excluding hydrogens is 632 g/mol. The number of hydrogen-bond acceptors (Lipinski definition) is 8. The Labute approximate surface area is 294 Å². The lowest BCUT2D eigenvalue weighted by Crippen LogP contribution is -2.66. The maximum absolute atomic E-state index is 14.0. The average molecular weight is 679 g/mol. The van der Waals surface area contributed by atoms with Crippen LogP contribution in [0.15, 0.2) is 66.7 Å². The van der Waals surface area contributed by atoms with Gasteiger partial charge in [0, 0.05) is 28.9 Å². The zero-order chi connectivity index (χ0) is 34.9. The predicted molar refractivity (Wildman–Crippen MR) is 190 cm³/mol. The van der Waals surface area contributed by atoms with Crippen LogP contribution >= 0.6 is 0 Å². The molecule has 8 rings (SSSR count). The minimum atomic E-state index is -0.315. The van der Waals surface area contributed by atoms with Crippen molar-refractivity contribution in [1.29, 1.82) is 0 Å². The molecule has 4 unspecified atom stereocenters. The fraction of sp³-hybridized carbons (Fsp3) is 0.390. The molecule has 2 bridgehead atoms. The van der Waals surface area contributed by atoms with Gasteiger partial charge in [-0.1, -0.05) is 66.7 Å². The fourth-order valence-electron chi connectivity index (χ4n) is 8.14. The Kier molecular flexibility index (Phi) is 9.62. The SMILES string of the molecule is CCOCc1ccccc1.COc1c(C)c2c(c3c1CC1C4NC(Cc5cc(C)c(OC)c(OCc6ccccc6)c54)C(=O)N1C3C)OCO2. The number of hydrogen-bond donors (Lipinski definition) is 1. The van der Waals surface area contributed by atoms with Gasteiger partial charge in [0.15, 0.2) is 23.0 Å². The Morgan fingerprint density at radius 2 is 1.50 bits per heavy atom. The number of aryl methyl sites for hydroxylation is 1. The van der Waals surface area contributed by atoms with Crippen LogP contribution in [-0.2, 0) is 35.6 Å². The van der Waals surface area contributed by atoms with Gasteiger partial charge in [0.2, 0.25) is 12.7 Å². The van der Waals surface area contributed by atoms with Crippen LogP contribution in [0, 0.1) is 13.8 Å². The third-order valence-electron chi connectivity index (χ3n) is 10.3. The Morgan fingerprint density at radius 3 is 2.16 bits per heavy atom. The zero-order valence-corrected chi connectivity index (χ0v) is 29.7. The van der Waals surface area contributed by atoms with Crippen molar-refractivity contribution in [3.05, 3.63) is 111 Å². The minimum Gasteiger partial charge on any atom is -0.496 e. The lowest BCUT2D eigenvalue weighted by atomic mass is 9.75. The summed E-state index contributed by atoms with van der Waals surface area (Å²) in [6.45, 7) is 10.2. The molecule has 0 saturated carbocycles. The van der Waals surface area contributed by atoms with Crippen molar-refractivity contribution < 1.29 is 33.2 Å². The summed E-state index contributed by atoms with van der Waals surface area (Å²) in [6, 6.07) is 21.7. The number of benzene rings is 4. The van der Waals surface area contributed by atoms with Crippen LogP contribution in [0.1, 0.15) is 70.4 Å². The second-order valence-electron chi connectivity index (χ2n) is 13.2. The van der Waals surface area contributed by atoms with E-state index in [1.807, 2.05) is 57.2 Å². The van der Waals surface area contributed by atoms with Gasteiger partial charge in [0.05, 0.1) is 45.0 Å². The highest BCUT2D eigenvalue weighted by molar-refractivity contribution is 5.86. The molecule has 262 valence electrons. The van der Waals surface area contributed by atoms with Crippen LogP contribution in [0.2, 0.25) is 0 Å². The molecular formula is C41H46N2O7. The number of carbonyl (C=O) groups is 1. The zero-order valence-electron chi connectivity index (χ0n) is 29.7. The standard InChI is InChI=1S/C32H34N2O6.C9H12O/c1-16-11-20-12-22-32(35)34-18(3)24-21(28(37-5)17(2)29-30(24)40-15-39-29)13-23(34)26(33-22)25(20)31(27(16)36-4)38-14-19-9-7-6-8-10-19;1-2-10-8-9-6-4-3-5-7-9/h6-11,18,22-23,26,33H,12-15H2,1-5H3;3-7H,2,8H2,1H3. The molecule has 1 N–H and O–H groups in total. The van der Waals surface area contributed by atoms with E-state index in [1.165, 1.54) is 5.56 Å². The van der Waals surface area contributed by atoms with Crippen molar-refractivity contribution in [3.63, 3.8) is 0 Å². The quantitative estimate of drug-likeness (QED) is 0.215. The van der Waals surface area contributed by atoms with Crippen molar-refractivity contribution in [3.8, 4) is 28.7 Å². The fourth-order valence-corrected chi connectivity index (χ4v) is 8.14. The third-order valence-corrected chi connectivity index (χ3v) is 10.3. The van der Waals surface area contributed by atoms with Crippen LogP contribution < -0.4 is 29.0 Å². The summed E-state index contributed by atoms with van der Waals surface area (Å²) in [7, 11) is 3.39. The first kappa shape index (κ1) is 33.8. The number of carbonyl (C=O) groups excluding carboxylic acids is 1. The molecule has 4 heterocycles. The van der Waals surface area contributed by atoms with Crippen LogP contribution in [0.25, 0.3) is 0 Å². The van der Waals surface area contributed by atoms with Crippen LogP contribution in [0.3, 0.4) is 0 Å². The summed E-state index contributed by atoms with van der Waals surface area (Å²) in [6.07, 6.45) is 1.21. The van der Waals surface area contributed by atoms with Crippen molar-refractivity contribution in [2.45, 2.75) is 77.9 Å². The normalized spacial score (nSPS) is 20.9. The Bertz CT molecular complexity index is 1860. The van der Waals surface area contributed by atoms with E-state index >= 15 is 0 Å². The summed E-state index contributed by atoms with van der Waals surface area (Å²) in [4.78, 5) is 16.1. The average Bonchev–Trinajstić information content (AvgIpc) is 3.63. The van der Waals surface area contributed by atoms with Crippen LogP contribution in [0.4, 0.5) is 0 Å². The largest absolute Gasteiger partial charge is 0.496 e. The number of methoxy groups -OCH3 is 2. The maximum atomic E-state index is 14.0. The van der Waals surface area contributed by atoms with Crippen molar-refractivity contribution >= 4 is 5.91 Å². The molecule has 9 heteroatoms. The van der Waals surface area contributed by atoms with Gasteiger partial charge in [-0.2, -0.15) is 0 Å². The molecule has 0 radical (unpaired) electrons. The van der Waals surface area contributed by atoms with Crippen molar-refractivity contribution in [2.24, 2.45) is 0 Å². The molecule has 4 aromatic rings. The van der Waals surface area contributed by atoms with Gasteiger partial charge >= 0.3 is 0 Å². The molecule has 50 heavy (non-hydrogen) atoms. The number of ether oxygens (including phenoxy) is 6. The third kappa shape index (κ3) is 5.92. The Morgan fingerprint density at radius 1 is 0.840 bits per heavy atom. The second-order valence-corrected chi connectivity index (χ2v) is 13.2. The molecule has 4 aromatic carbocycles. The highest BCUT2D eigenvalue weighted by Gasteiger charge is 2.52. The van der Waals surface area contributed by atoms with Gasteiger partial charge in [-0.3, -0.25) is 10.1 Å². The lowest BCUT2D eigenvalue weighted by Gasteiger charge is -2.53. The Hall–Kier alpha value is -4.73. The van der Waals surface area contributed by atoms with Gasteiger partial charge in [-0.25, -0.2) is 0 Å². The topological polar surface area (TPSA) is 87.7 Å². The number of fused-ring (bicyclic) bond motifs is 9. The van der Waals surface area contributed by atoms with Crippen LogP contribution in [-0.4, -0.2) is 50.5 Å². The highest BCUT2D eigenvalue weighted by Crippen LogP contribution is 2.56. The summed E-state index contributed by atoms with van der Waals surface area (Å²) in [5, 5.41) is 3.70. The molecule has 1 saturated heterocycles. The summed E-state index contributed by atoms with van der Waals surface area (Å²) >= 11 is 0. The van der Waals surface area contributed by atoms with E-state index < -0.39 is 0 Å². The van der Waals surface area contributed by atoms with Crippen LogP contribution in [0.5, 0.6) is 28.7 Å². The molecule has 4 aliphatic rings. The van der Waals surface area contributed by atoms with Gasteiger partial charge in [-0.05, 0) is 62.8 Å². The lowest BCUT2D eigenvalue weighted by molar-refractivity contribution is -0.145. The Balaban J connectivity index is 0.000000339. The molecule has 1 fully saturated rings. The number of nitrogens with zero attached hydrogens (tertiary/aromatic N) is 1. The van der Waals surface area contributed by atoms with Crippen molar-refractivity contribution in [2.75, 3.05) is 27.6 Å². The first-order valence-electron chi connectivity index (χ1n) is 17.4. The van der Waals surface area contributed by atoms with Gasteiger partial charge in [0.1, 0.15) is 12.4 Å². The summed E-state index contributed by atoms with van der Waals surface area (Å²) in [5.74, 6) is 3.85. The van der Waals surface area contributed by atoms with E-state index in [9.17, 15) is 4.79 Å². The van der Waals surface area contributed by atoms with E-state index in [2.05, 4.69) is 47.5 Å². The molecule has 9 nitrogen and oxygen atoms in total. The number of nitrogens with one attached hydrogen (secondary N) is 1. The maximum Gasteiger partial charge on any atom is 0.240 e. The summed E-state index contributed by atoms with van der Waals surface area (Å²) < 4.78 is 35.5. The molecule has 4 atom stereocenters. The molecule has 1 amide bonds. The monoisotopic (exact) mass is 678 g/mol. The second kappa shape index (κ2) is 14.2. The van der Waals surface area contributed by atoms with E-state index in [-0.39, 0.29) is 36.9 Å². The number of piperazine rings is 1. The minimum absolute atomic E-state index is 0.109. The van der Waals surface area contributed by atoms with E-state index in [4.69, 9.17) is 28.4 Å². The number of amides is 1. The molecule has 4 aliphatic heterocycles.